The van der Waals surface area contributed by atoms with Gasteiger partial charge in [-0.15, -0.1) is 0 Å². The summed E-state index contributed by atoms with van der Waals surface area (Å²) in [7, 11) is 2.93. The maximum absolute atomic E-state index is 14.3. The summed E-state index contributed by atoms with van der Waals surface area (Å²) >= 11 is 0. The summed E-state index contributed by atoms with van der Waals surface area (Å²) in [4.78, 5) is 70.0. The van der Waals surface area contributed by atoms with E-state index in [4.69, 9.17) is 20.3 Å². The number of halogens is 6. The van der Waals surface area contributed by atoms with Gasteiger partial charge < -0.3 is 34.5 Å². The summed E-state index contributed by atoms with van der Waals surface area (Å²) in [6.07, 6.45) is 2.09. The number of benzene rings is 4. The number of pyridine rings is 1. The fourth-order valence-corrected chi connectivity index (χ4v) is 5.25. The number of aromatic hydroxyl groups is 1. The van der Waals surface area contributed by atoms with Crippen LogP contribution < -0.4 is 15.9 Å². The van der Waals surface area contributed by atoms with E-state index in [9.17, 15) is 65.7 Å². The SMILES string of the molecule is C.CCOC(=O)/C(=C\N(C)C)C(=O)c1cc(F)c(F)c(F)c1F.CCOC(=O)c1cn2c3c(c(F)c(F)cc3c1=O)Oc1ccc([N+](=O)[O-])cc1-2.Nc1cc([N+](=O)[O-])ccc1O. The zero-order chi connectivity index (χ0) is 45.6. The molecular weight excluding hydrogens is 844 g/mol. The molecule has 5 aromatic rings. The minimum absolute atomic E-state index is 0. The fourth-order valence-electron chi connectivity index (χ4n) is 5.25. The lowest BCUT2D eigenvalue weighted by atomic mass is 10.0. The van der Waals surface area contributed by atoms with Crippen LogP contribution in [0, 0.1) is 55.1 Å². The summed E-state index contributed by atoms with van der Waals surface area (Å²) in [5.74, 6) is -14.5. The molecule has 3 N–H and O–H groups in total. The van der Waals surface area contributed by atoms with Gasteiger partial charge >= 0.3 is 11.9 Å². The number of Topliss-reactive ketones (excluding diaryl/α,β-unsaturated/α-hetero) is 1. The highest BCUT2D eigenvalue weighted by molar-refractivity contribution is 6.24. The van der Waals surface area contributed by atoms with Crippen LogP contribution in [-0.2, 0) is 14.3 Å². The van der Waals surface area contributed by atoms with Gasteiger partial charge in [0.05, 0.1) is 45.4 Å². The van der Waals surface area contributed by atoms with Crippen molar-refractivity contribution in [1.82, 2.24) is 9.47 Å². The normalized spacial score (nSPS) is 11.0. The highest BCUT2D eigenvalue weighted by atomic mass is 19.2. The predicted molar refractivity (Wildman–Crippen MR) is 207 cm³/mol. The number of rotatable bonds is 9. The van der Waals surface area contributed by atoms with Crippen molar-refractivity contribution in [1.29, 1.82) is 0 Å². The largest absolute Gasteiger partial charge is 0.506 e. The number of carbonyl (C=O) groups is 3. The third kappa shape index (κ3) is 10.1. The third-order valence-electron chi connectivity index (χ3n) is 7.96. The van der Waals surface area contributed by atoms with Crippen LogP contribution in [0.15, 0.2) is 71.3 Å². The van der Waals surface area contributed by atoms with Gasteiger partial charge in [-0.2, -0.15) is 4.39 Å². The lowest BCUT2D eigenvalue weighted by molar-refractivity contribution is -0.385. The number of nitrogens with two attached hydrogens (primary N) is 1. The number of nitrogen functional groups attached to an aromatic ring is 1. The Kier molecular flexibility index (Phi) is 15.5. The second-order valence-electron chi connectivity index (χ2n) is 12.3. The highest BCUT2D eigenvalue weighted by Crippen LogP contribution is 2.43. The molecular formula is C39H33F6N5O12. The number of esters is 2. The van der Waals surface area contributed by atoms with Gasteiger partial charge in [0.2, 0.25) is 17.0 Å². The number of fused-ring (bicyclic) bond motifs is 2. The number of anilines is 1. The van der Waals surface area contributed by atoms with Crippen molar-refractivity contribution in [3.05, 3.63) is 143 Å². The average molecular weight is 878 g/mol. The van der Waals surface area contributed by atoms with Crippen LogP contribution in [0.3, 0.4) is 0 Å². The Morgan fingerprint density at radius 1 is 0.839 bits per heavy atom. The Morgan fingerprint density at radius 2 is 1.42 bits per heavy atom. The van der Waals surface area contributed by atoms with Gasteiger partial charge in [0.25, 0.3) is 11.4 Å². The standard InChI is InChI=1S/C18H10F2N2O6.C14H13F4NO3.C6H6N2O3.CH4/c1-2-27-18(24)10-7-21-12-5-8(22(25)26)3-4-13(12)28-17-14(20)11(19)6-9(15(17)21)16(10)23;1-4-22-14(21)8(6-19(2)3)13(20)7-5-9(15)11(17)12(18)10(7)16;7-5-3-4(8(10)11)1-2-6(5)9;/h3-7H,2H2,1H3;5-6H,4H2,1-3H3;1-3,9H,7H2;1H4/b;8-6-;;. The van der Waals surface area contributed by atoms with Crippen LogP contribution in [0.5, 0.6) is 17.2 Å². The Morgan fingerprint density at radius 3 is 1.98 bits per heavy atom. The molecule has 0 spiro atoms. The molecule has 0 amide bonds. The number of ketones is 1. The van der Waals surface area contributed by atoms with E-state index in [-0.39, 0.29) is 71.9 Å². The molecule has 0 unspecified atom stereocenters. The maximum atomic E-state index is 14.3. The molecule has 0 bridgehead atoms. The van der Waals surface area contributed by atoms with E-state index in [1.807, 2.05) is 0 Å². The van der Waals surface area contributed by atoms with Crippen LogP contribution >= 0.6 is 0 Å². The van der Waals surface area contributed by atoms with E-state index in [1.54, 1.807) is 6.92 Å². The number of aromatic nitrogens is 1. The van der Waals surface area contributed by atoms with E-state index >= 15 is 0 Å². The Labute approximate surface area is 345 Å². The third-order valence-corrected chi connectivity index (χ3v) is 7.96. The summed E-state index contributed by atoms with van der Waals surface area (Å²) in [6.45, 7) is 2.95. The molecule has 0 saturated heterocycles. The number of nitro groups is 2. The summed E-state index contributed by atoms with van der Waals surface area (Å²) in [6, 6.07) is 7.81. The first kappa shape index (κ1) is 48.4. The molecule has 1 aliphatic heterocycles. The number of hydrogen-bond acceptors (Lipinski definition) is 14. The average Bonchev–Trinajstić information content (AvgIpc) is 3.21. The van der Waals surface area contributed by atoms with Crippen LogP contribution in [0.2, 0.25) is 0 Å². The van der Waals surface area contributed by atoms with Gasteiger partial charge in [0, 0.05) is 50.8 Å². The van der Waals surface area contributed by atoms with Crippen LogP contribution in [-0.4, -0.2) is 69.5 Å². The first-order chi connectivity index (χ1) is 28.6. The summed E-state index contributed by atoms with van der Waals surface area (Å²) < 4.78 is 97.4. The molecule has 6 rings (SSSR count). The summed E-state index contributed by atoms with van der Waals surface area (Å²) in [5, 5.41) is 29.8. The summed E-state index contributed by atoms with van der Waals surface area (Å²) in [5.41, 5.74) is 1.70. The lowest BCUT2D eigenvalue weighted by Crippen LogP contribution is -2.22. The minimum Gasteiger partial charge on any atom is -0.506 e. The molecule has 4 aromatic carbocycles. The number of phenolic OH excluding ortho intramolecular Hbond substituents is 1. The number of carbonyl (C=O) groups excluding carboxylic acids is 3. The molecule has 2 heterocycles. The predicted octanol–water partition coefficient (Wildman–Crippen LogP) is 7.41. The fraction of sp³-hybridized carbons (Fsp3) is 0.179. The molecule has 17 nitrogen and oxygen atoms in total. The number of nitrogens with zero attached hydrogens (tertiary/aromatic N) is 4. The van der Waals surface area contributed by atoms with Gasteiger partial charge in [-0.3, -0.25) is 29.8 Å². The van der Waals surface area contributed by atoms with Crippen molar-refractivity contribution in [3.63, 3.8) is 0 Å². The first-order valence-electron chi connectivity index (χ1n) is 17.0. The van der Waals surface area contributed by atoms with Crippen LogP contribution in [0.1, 0.15) is 42.0 Å². The molecule has 0 fully saturated rings. The van der Waals surface area contributed by atoms with Crippen molar-refractivity contribution in [3.8, 4) is 22.9 Å². The second-order valence-corrected chi connectivity index (χ2v) is 12.3. The monoisotopic (exact) mass is 877 g/mol. The lowest BCUT2D eigenvalue weighted by Gasteiger charge is -2.24. The van der Waals surface area contributed by atoms with Crippen molar-refractivity contribution in [2.24, 2.45) is 0 Å². The second kappa shape index (κ2) is 19.8. The van der Waals surface area contributed by atoms with E-state index in [0.717, 1.165) is 30.6 Å². The molecule has 1 aromatic heterocycles. The van der Waals surface area contributed by atoms with E-state index in [0.29, 0.717) is 6.07 Å². The van der Waals surface area contributed by atoms with E-state index in [1.165, 1.54) is 48.7 Å². The van der Waals surface area contributed by atoms with Gasteiger partial charge in [0.1, 0.15) is 22.4 Å². The van der Waals surface area contributed by atoms with Crippen molar-refractivity contribution in [2.45, 2.75) is 21.3 Å². The molecule has 62 heavy (non-hydrogen) atoms. The minimum atomic E-state index is -2.13. The maximum Gasteiger partial charge on any atom is 0.343 e. The van der Waals surface area contributed by atoms with Gasteiger partial charge in [-0.05, 0) is 38.1 Å². The Hall–Kier alpha value is -7.98. The first-order valence-corrected chi connectivity index (χ1v) is 17.0. The molecule has 0 aliphatic carbocycles. The quantitative estimate of drug-likeness (QED) is 0.0117. The van der Waals surface area contributed by atoms with Gasteiger partial charge in [-0.25, -0.2) is 31.5 Å². The van der Waals surface area contributed by atoms with Crippen molar-refractivity contribution in [2.75, 3.05) is 33.0 Å². The molecule has 0 saturated carbocycles. The molecule has 23 heteroatoms. The number of nitro benzene ring substituents is 2. The Balaban J connectivity index is 0.000000268. The molecule has 0 atom stereocenters. The van der Waals surface area contributed by atoms with E-state index in [2.05, 4.69) is 4.74 Å². The number of non-ortho nitro benzene ring substituents is 2. The number of ether oxygens (including phenoxy) is 3. The van der Waals surface area contributed by atoms with Crippen LogP contribution in [0.4, 0.5) is 43.4 Å². The van der Waals surface area contributed by atoms with Gasteiger partial charge in [0.15, 0.2) is 40.6 Å². The number of hydrogen-bond donors (Lipinski definition) is 2. The zero-order valence-electron chi connectivity index (χ0n) is 31.8. The molecule has 1 aliphatic rings. The van der Waals surface area contributed by atoms with Gasteiger partial charge in [-0.1, -0.05) is 7.43 Å². The topological polar surface area (TPSA) is 237 Å². The number of phenols is 1. The van der Waals surface area contributed by atoms with E-state index < -0.39 is 90.4 Å². The van der Waals surface area contributed by atoms with Crippen LogP contribution in [0.25, 0.3) is 16.6 Å². The van der Waals surface area contributed by atoms with Crippen molar-refractivity contribution < 1.29 is 69.9 Å². The highest BCUT2D eigenvalue weighted by Gasteiger charge is 2.31. The molecule has 0 radical (unpaired) electrons. The molecule has 328 valence electrons. The van der Waals surface area contributed by atoms with Crippen molar-refractivity contribution >= 4 is 45.7 Å². The zero-order valence-corrected chi connectivity index (χ0v) is 31.8. The Bertz CT molecular complexity index is 2720. The smallest absolute Gasteiger partial charge is 0.343 e.